The molecular weight excluding hydrogens is 302 g/mol. The summed E-state index contributed by atoms with van der Waals surface area (Å²) >= 11 is 6.19. The summed E-state index contributed by atoms with van der Waals surface area (Å²) in [6.07, 6.45) is 0. The van der Waals surface area contributed by atoms with Crippen LogP contribution in [0.15, 0.2) is 36.4 Å². The van der Waals surface area contributed by atoms with Crippen molar-refractivity contribution < 1.29 is 14.3 Å². The average molecular weight is 318 g/mol. The first-order valence-electron chi connectivity index (χ1n) is 6.69. The molecule has 2 rings (SSSR count). The highest BCUT2D eigenvalue weighted by atomic mass is 35.5. The number of carbonyl (C=O) groups excluding carboxylic acids is 2. The lowest BCUT2D eigenvalue weighted by molar-refractivity contribution is 0.0597. The van der Waals surface area contributed by atoms with Crippen LogP contribution in [0.3, 0.4) is 0 Å². The molecule has 0 aliphatic heterocycles. The topological polar surface area (TPSA) is 55.4 Å². The lowest BCUT2D eigenvalue weighted by atomic mass is 10.1. The maximum Gasteiger partial charge on any atom is 0.338 e. The number of nitrogens with one attached hydrogen (secondary N) is 1. The smallest absolute Gasteiger partial charge is 0.338 e. The fourth-order valence-corrected chi connectivity index (χ4v) is 2.59. The van der Waals surface area contributed by atoms with Crippen LogP contribution in [-0.2, 0) is 4.74 Å². The second-order valence-electron chi connectivity index (χ2n) is 4.93. The standard InChI is InChI=1S/C17H16ClNO3/c1-10-8-11(2)15(14(18)9-10)19-16(20)12-6-4-5-7-13(12)17(21)22-3/h4-9H,1-3H3,(H,19,20). The fourth-order valence-electron chi connectivity index (χ4n) is 2.22. The summed E-state index contributed by atoms with van der Waals surface area (Å²) in [6, 6.07) is 10.2. The molecule has 0 heterocycles. The van der Waals surface area contributed by atoms with Gasteiger partial charge in [-0.1, -0.05) is 29.8 Å². The van der Waals surface area contributed by atoms with Gasteiger partial charge in [0.05, 0.1) is 28.9 Å². The first-order chi connectivity index (χ1) is 10.4. The Morgan fingerprint density at radius 1 is 1.09 bits per heavy atom. The Hall–Kier alpha value is -2.33. The Bertz CT molecular complexity index is 717. The lowest BCUT2D eigenvalue weighted by Crippen LogP contribution is -2.18. The molecule has 5 heteroatoms. The molecule has 0 unspecified atom stereocenters. The monoisotopic (exact) mass is 317 g/mol. The van der Waals surface area contributed by atoms with Gasteiger partial charge in [0.2, 0.25) is 0 Å². The minimum atomic E-state index is -0.558. The van der Waals surface area contributed by atoms with Crippen LogP contribution in [0.4, 0.5) is 5.69 Å². The summed E-state index contributed by atoms with van der Waals surface area (Å²) in [5.74, 6) is -0.965. The van der Waals surface area contributed by atoms with E-state index in [0.29, 0.717) is 10.7 Å². The van der Waals surface area contributed by atoms with Crippen molar-refractivity contribution in [2.45, 2.75) is 13.8 Å². The number of carbonyl (C=O) groups is 2. The zero-order chi connectivity index (χ0) is 16.3. The zero-order valence-electron chi connectivity index (χ0n) is 12.6. The predicted molar refractivity (Wildman–Crippen MR) is 86.7 cm³/mol. The van der Waals surface area contributed by atoms with Crippen molar-refractivity contribution in [3.63, 3.8) is 0 Å². The zero-order valence-corrected chi connectivity index (χ0v) is 13.3. The molecule has 4 nitrogen and oxygen atoms in total. The Morgan fingerprint density at radius 3 is 2.32 bits per heavy atom. The van der Waals surface area contributed by atoms with Crippen LogP contribution in [0.1, 0.15) is 31.8 Å². The van der Waals surface area contributed by atoms with Crippen LogP contribution < -0.4 is 5.32 Å². The highest BCUT2D eigenvalue weighted by Gasteiger charge is 2.18. The quantitative estimate of drug-likeness (QED) is 0.871. The maximum absolute atomic E-state index is 12.5. The molecule has 0 atom stereocenters. The van der Waals surface area contributed by atoms with Crippen LogP contribution in [-0.4, -0.2) is 19.0 Å². The second kappa shape index (κ2) is 6.62. The van der Waals surface area contributed by atoms with E-state index in [1.165, 1.54) is 7.11 Å². The number of hydrogen-bond acceptors (Lipinski definition) is 3. The number of aryl methyl sites for hydroxylation is 2. The number of anilines is 1. The Kier molecular flexibility index (Phi) is 4.83. The third-order valence-corrected chi connectivity index (χ3v) is 3.55. The van der Waals surface area contributed by atoms with Gasteiger partial charge in [-0.2, -0.15) is 0 Å². The maximum atomic E-state index is 12.5. The van der Waals surface area contributed by atoms with Crippen LogP contribution in [0.2, 0.25) is 5.02 Å². The van der Waals surface area contributed by atoms with E-state index in [1.54, 1.807) is 30.3 Å². The van der Waals surface area contributed by atoms with E-state index in [4.69, 9.17) is 16.3 Å². The number of benzene rings is 2. The van der Waals surface area contributed by atoms with E-state index >= 15 is 0 Å². The molecule has 0 spiro atoms. The van der Waals surface area contributed by atoms with Gasteiger partial charge in [0, 0.05) is 0 Å². The molecule has 114 valence electrons. The molecule has 1 amide bonds. The van der Waals surface area contributed by atoms with Gasteiger partial charge >= 0.3 is 5.97 Å². The molecular formula is C17H16ClNO3. The first-order valence-corrected chi connectivity index (χ1v) is 7.07. The van der Waals surface area contributed by atoms with Gasteiger partial charge in [0.25, 0.3) is 5.91 Å². The van der Waals surface area contributed by atoms with Crippen molar-refractivity contribution in [2.24, 2.45) is 0 Å². The molecule has 0 aromatic heterocycles. The Labute approximate surface area is 134 Å². The molecule has 2 aromatic rings. The molecule has 0 aliphatic rings. The number of amides is 1. The van der Waals surface area contributed by atoms with Gasteiger partial charge < -0.3 is 10.1 Å². The van der Waals surface area contributed by atoms with Crippen LogP contribution in [0, 0.1) is 13.8 Å². The van der Waals surface area contributed by atoms with Crippen molar-refractivity contribution in [3.05, 3.63) is 63.7 Å². The van der Waals surface area contributed by atoms with Gasteiger partial charge in [-0.05, 0) is 43.2 Å². The van der Waals surface area contributed by atoms with Crippen LogP contribution >= 0.6 is 11.6 Å². The summed E-state index contributed by atoms with van der Waals surface area (Å²) in [7, 11) is 1.28. The van der Waals surface area contributed by atoms with E-state index < -0.39 is 11.9 Å². The van der Waals surface area contributed by atoms with E-state index in [2.05, 4.69) is 5.32 Å². The molecule has 0 bridgehead atoms. The van der Waals surface area contributed by atoms with Crippen LogP contribution in [0.25, 0.3) is 0 Å². The predicted octanol–water partition coefficient (Wildman–Crippen LogP) is 4.00. The third-order valence-electron chi connectivity index (χ3n) is 3.25. The Balaban J connectivity index is 2.37. The molecule has 22 heavy (non-hydrogen) atoms. The molecule has 2 aromatic carbocycles. The normalized spacial score (nSPS) is 10.2. The molecule has 0 saturated heterocycles. The van der Waals surface area contributed by atoms with E-state index in [0.717, 1.165) is 11.1 Å². The fraction of sp³-hybridized carbons (Fsp3) is 0.176. The van der Waals surface area contributed by atoms with Gasteiger partial charge in [0.15, 0.2) is 0 Å². The highest BCUT2D eigenvalue weighted by Crippen LogP contribution is 2.28. The van der Waals surface area contributed by atoms with Crippen molar-refractivity contribution in [2.75, 3.05) is 12.4 Å². The largest absolute Gasteiger partial charge is 0.465 e. The molecule has 0 aliphatic carbocycles. The van der Waals surface area contributed by atoms with E-state index in [-0.39, 0.29) is 11.1 Å². The molecule has 0 fully saturated rings. The van der Waals surface area contributed by atoms with Crippen molar-refractivity contribution in [3.8, 4) is 0 Å². The SMILES string of the molecule is COC(=O)c1ccccc1C(=O)Nc1c(C)cc(C)cc1Cl. The number of halogens is 1. The average Bonchev–Trinajstić information content (AvgIpc) is 2.49. The number of hydrogen-bond donors (Lipinski definition) is 1. The lowest BCUT2D eigenvalue weighted by Gasteiger charge is -2.13. The van der Waals surface area contributed by atoms with Gasteiger partial charge in [-0.15, -0.1) is 0 Å². The second-order valence-corrected chi connectivity index (χ2v) is 5.34. The summed E-state index contributed by atoms with van der Waals surface area (Å²) in [5, 5.41) is 3.22. The van der Waals surface area contributed by atoms with Gasteiger partial charge in [0.1, 0.15) is 0 Å². The van der Waals surface area contributed by atoms with E-state index in [1.807, 2.05) is 19.9 Å². The van der Waals surface area contributed by atoms with Crippen molar-refractivity contribution in [1.29, 1.82) is 0 Å². The Morgan fingerprint density at radius 2 is 1.73 bits per heavy atom. The van der Waals surface area contributed by atoms with Crippen LogP contribution in [0.5, 0.6) is 0 Å². The van der Waals surface area contributed by atoms with Crippen molar-refractivity contribution >= 4 is 29.2 Å². The summed E-state index contributed by atoms with van der Waals surface area (Å²) in [6.45, 7) is 3.79. The highest BCUT2D eigenvalue weighted by molar-refractivity contribution is 6.34. The van der Waals surface area contributed by atoms with Gasteiger partial charge in [-0.25, -0.2) is 4.79 Å². The molecule has 0 saturated carbocycles. The third kappa shape index (κ3) is 3.28. The summed E-state index contributed by atoms with van der Waals surface area (Å²) in [4.78, 5) is 24.2. The van der Waals surface area contributed by atoms with Crippen molar-refractivity contribution in [1.82, 2.24) is 0 Å². The molecule has 0 radical (unpaired) electrons. The summed E-state index contributed by atoms with van der Waals surface area (Å²) < 4.78 is 4.70. The number of ether oxygens (including phenoxy) is 1. The first kappa shape index (κ1) is 16.0. The van der Waals surface area contributed by atoms with E-state index in [9.17, 15) is 9.59 Å². The molecule has 1 N–H and O–H groups in total. The minimum Gasteiger partial charge on any atom is -0.465 e. The van der Waals surface area contributed by atoms with Gasteiger partial charge in [-0.3, -0.25) is 4.79 Å². The number of methoxy groups -OCH3 is 1. The number of esters is 1. The summed E-state index contributed by atoms with van der Waals surface area (Å²) in [5.41, 5.74) is 2.86. The number of rotatable bonds is 3. The minimum absolute atomic E-state index is 0.211.